The highest BCUT2D eigenvalue weighted by molar-refractivity contribution is 5.96. The Labute approximate surface area is 127 Å². The zero-order valence-electron chi connectivity index (χ0n) is 13.5. The van der Waals surface area contributed by atoms with Crippen molar-refractivity contribution in [3.8, 4) is 0 Å². The number of carbonyl (C=O) groups excluding carboxylic acids is 1. The van der Waals surface area contributed by atoms with Crippen LogP contribution in [0.15, 0.2) is 18.2 Å². The van der Waals surface area contributed by atoms with Gasteiger partial charge in [0.05, 0.1) is 12.2 Å². The van der Waals surface area contributed by atoms with Crippen molar-refractivity contribution >= 4 is 17.3 Å². The third-order valence-corrected chi connectivity index (χ3v) is 3.42. The first kappa shape index (κ1) is 17.3. The zero-order valence-corrected chi connectivity index (χ0v) is 13.5. The lowest BCUT2D eigenvalue weighted by molar-refractivity contribution is 0.0527. The van der Waals surface area contributed by atoms with Crippen LogP contribution in [0, 0.1) is 0 Å². The van der Waals surface area contributed by atoms with Crippen LogP contribution in [0.1, 0.15) is 37.6 Å². The van der Waals surface area contributed by atoms with Crippen LogP contribution in [0.5, 0.6) is 0 Å². The van der Waals surface area contributed by atoms with Crippen molar-refractivity contribution in [1.29, 1.82) is 0 Å². The van der Waals surface area contributed by atoms with Crippen LogP contribution in [-0.4, -0.2) is 43.7 Å². The molecule has 0 saturated carbocycles. The van der Waals surface area contributed by atoms with Crippen LogP contribution < -0.4 is 11.1 Å². The Hall–Kier alpha value is -1.75. The van der Waals surface area contributed by atoms with E-state index in [0.717, 1.165) is 25.2 Å². The molecular formula is C16H27N3O2. The number of anilines is 2. The van der Waals surface area contributed by atoms with Crippen LogP contribution in [0.4, 0.5) is 11.4 Å². The summed E-state index contributed by atoms with van der Waals surface area (Å²) in [5.74, 6) is -0.341. The van der Waals surface area contributed by atoms with Gasteiger partial charge in [-0.3, -0.25) is 0 Å². The maximum absolute atomic E-state index is 11.9. The number of nitrogen functional groups attached to an aromatic ring is 1. The van der Waals surface area contributed by atoms with E-state index in [1.807, 2.05) is 6.07 Å². The molecule has 0 radical (unpaired) electrons. The van der Waals surface area contributed by atoms with Gasteiger partial charge in [-0.1, -0.05) is 0 Å². The Bertz CT molecular complexity index is 461. The fourth-order valence-electron chi connectivity index (χ4n) is 1.90. The maximum Gasteiger partial charge on any atom is 0.340 e. The average Bonchev–Trinajstić information content (AvgIpc) is 2.44. The van der Waals surface area contributed by atoms with Gasteiger partial charge < -0.3 is 20.7 Å². The molecule has 0 aliphatic carbocycles. The predicted octanol–water partition coefficient (Wildman–Crippen LogP) is 2.59. The van der Waals surface area contributed by atoms with Crippen molar-refractivity contribution in [1.82, 2.24) is 4.90 Å². The molecule has 5 heteroatoms. The maximum atomic E-state index is 11.9. The molecule has 0 aliphatic heterocycles. The molecule has 0 aliphatic rings. The summed E-state index contributed by atoms with van der Waals surface area (Å²) in [4.78, 5) is 14.2. The largest absolute Gasteiger partial charge is 0.462 e. The monoisotopic (exact) mass is 293 g/mol. The smallest absolute Gasteiger partial charge is 0.340 e. The van der Waals surface area contributed by atoms with E-state index in [1.54, 1.807) is 19.1 Å². The van der Waals surface area contributed by atoms with Crippen molar-refractivity contribution < 1.29 is 9.53 Å². The summed E-state index contributed by atoms with van der Waals surface area (Å²) in [6, 6.07) is 5.80. The van der Waals surface area contributed by atoms with E-state index in [0.29, 0.717) is 23.9 Å². The van der Waals surface area contributed by atoms with Crippen molar-refractivity contribution in [3.05, 3.63) is 23.8 Å². The van der Waals surface area contributed by atoms with E-state index in [9.17, 15) is 4.79 Å². The number of hydrogen-bond acceptors (Lipinski definition) is 5. The lowest BCUT2D eigenvalue weighted by Crippen LogP contribution is -2.28. The SMILES string of the molecule is CCOC(=O)c1cc(N)ccc1NCCCN(C)C(C)C. The minimum absolute atomic E-state index is 0.341. The summed E-state index contributed by atoms with van der Waals surface area (Å²) in [5.41, 5.74) is 7.57. The number of benzene rings is 1. The van der Waals surface area contributed by atoms with Gasteiger partial charge >= 0.3 is 5.97 Å². The number of esters is 1. The Morgan fingerprint density at radius 2 is 2.14 bits per heavy atom. The van der Waals surface area contributed by atoms with Crippen molar-refractivity contribution in [3.63, 3.8) is 0 Å². The van der Waals surface area contributed by atoms with Crippen LogP contribution in [0.25, 0.3) is 0 Å². The number of hydrogen-bond donors (Lipinski definition) is 2. The van der Waals surface area contributed by atoms with Gasteiger partial charge in [0, 0.05) is 24.0 Å². The number of nitrogens with two attached hydrogens (primary N) is 1. The molecule has 0 heterocycles. The van der Waals surface area contributed by atoms with Gasteiger partial charge in [0.25, 0.3) is 0 Å². The van der Waals surface area contributed by atoms with E-state index in [4.69, 9.17) is 10.5 Å². The van der Waals surface area contributed by atoms with Crippen molar-refractivity contribution in [2.75, 3.05) is 37.8 Å². The first-order valence-corrected chi connectivity index (χ1v) is 7.46. The summed E-state index contributed by atoms with van der Waals surface area (Å²) in [6.45, 7) is 8.30. The fourth-order valence-corrected chi connectivity index (χ4v) is 1.90. The van der Waals surface area contributed by atoms with Gasteiger partial charge in [-0.2, -0.15) is 0 Å². The number of ether oxygens (including phenoxy) is 1. The minimum atomic E-state index is -0.341. The lowest BCUT2D eigenvalue weighted by atomic mass is 10.1. The van der Waals surface area contributed by atoms with Gasteiger partial charge in [0.1, 0.15) is 0 Å². The van der Waals surface area contributed by atoms with Gasteiger partial charge in [-0.25, -0.2) is 4.79 Å². The molecule has 0 amide bonds. The highest BCUT2D eigenvalue weighted by Gasteiger charge is 2.12. The molecule has 0 saturated heterocycles. The van der Waals surface area contributed by atoms with Crippen LogP contribution in [-0.2, 0) is 4.74 Å². The first-order chi connectivity index (χ1) is 9.95. The molecule has 0 aromatic heterocycles. The molecular weight excluding hydrogens is 266 g/mol. The lowest BCUT2D eigenvalue weighted by Gasteiger charge is -2.21. The van der Waals surface area contributed by atoms with Gasteiger partial charge in [0.15, 0.2) is 0 Å². The third-order valence-electron chi connectivity index (χ3n) is 3.42. The molecule has 118 valence electrons. The first-order valence-electron chi connectivity index (χ1n) is 7.46. The second kappa shape index (κ2) is 8.52. The second-order valence-electron chi connectivity index (χ2n) is 5.38. The fraction of sp³-hybridized carbons (Fsp3) is 0.562. The summed E-state index contributed by atoms with van der Waals surface area (Å²) < 4.78 is 5.06. The highest BCUT2D eigenvalue weighted by atomic mass is 16.5. The van der Waals surface area contributed by atoms with Crippen LogP contribution in [0.3, 0.4) is 0 Å². The van der Waals surface area contributed by atoms with E-state index >= 15 is 0 Å². The van der Waals surface area contributed by atoms with E-state index < -0.39 is 0 Å². The molecule has 0 atom stereocenters. The van der Waals surface area contributed by atoms with Crippen molar-refractivity contribution in [2.24, 2.45) is 0 Å². The van der Waals surface area contributed by atoms with Gasteiger partial charge in [-0.15, -0.1) is 0 Å². The molecule has 1 aromatic carbocycles. The summed E-state index contributed by atoms with van der Waals surface area (Å²) >= 11 is 0. The van der Waals surface area contributed by atoms with Gasteiger partial charge in [-0.05, 0) is 59.0 Å². The van der Waals surface area contributed by atoms with Crippen molar-refractivity contribution in [2.45, 2.75) is 33.2 Å². The number of carbonyl (C=O) groups is 1. The van der Waals surface area contributed by atoms with Crippen LogP contribution in [0.2, 0.25) is 0 Å². The Kier molecular flexibility index (Phi) is 7.02. The Morgan fingerprint density at radius 3 is 2.76 bits per heavy atom. The Morgan fingerprint density at radius 1 is 1.43 bits per heavy atom. The normalized spacial score (nSPS) is 11.0. The summed E-state index contributed by atoms with van der Waals surface area (Å²) in [7, 11) is 2.11. The topological polar surface area (TPSA) is 67.6 Å². The van der Waals surface area contributed by atoms with E-state index in [1.165, 1.54) is 0 Å². The third kappa shape index (κ3) is 5.63. The summed E-state index contributed by atoms with van der Waals surface area (Å²) in [5, 5.41) is 3.29. The van der Waals surface area contributed by atoms with E-state index in [-0.39, 0.29) is 5.97 Å². The quantitative estimate of drug-likeness (QED) is 0.438. The molecule has 0 spiro atoms. The molecule has 3 N–H and O–H groups in total. The number of rotatable bonds is 8. The number of nitrogens with one attached hydrogen (secondary N) is 1. The molecule has 5 nitrogen and oxygen atoms in total. The predicted molar refractivity (Wildman–Crippen MR) is 87.7 cm³/mol. The van der Waals surface area contributed by atoms with E-state index in [2.05, 4.69) is 31.1 Å². The average molecular weight is 293 g/mol. The van der Waals surface area contributed by atoms with Crippen LogP contribution >= 0.6 is 0 Å². The highest BCUT2D eigenvalue weighted by Crippen LogP contribution is 2.20. The van der Waals surface area contributed by atoms with Gasteiger partial charge in [0.2, 0.25) is 0 Å². The zero-order chi connectivity index (χ0) is 15.8. The second-order valence-corrected chi connectivity index (χ2v) is 5.38. The standard InChI is InChI=1S/C16H27N3O2/c1-5-21-16(20)14-11-13(17)7-8-15(14)18-9-6-10-19(4)12(2)3/h7-8,11-12,18H,5-6,9-10,17H2,1-4H3. The number of nitrogens with zero attached hydrogens (tertiary/aromatic N) is 1. The molecule has 1 aromatic rings. The molecule has 0 unspecified atom stereocenters. The molecule has 0 fully saturated rings. The molecule has 1 rings (SSSR count). The molecule has 0 bridgehead atoms. The Balaban J connectivity index is 2.60. The summed E-state index contributed by atoms with van der Waals surface area (Å²) in [6.07, 6.45) is 1.00. The molecule has 21 heavy (non-hydrogen) atoms. The minimum Gasteiger partial charge on any atom is -0.462 e.